The van der Waals surface area contributed by atoms with E-state index in [1.807, 2.05) is 13.8 Å². The molecule has 24 heteroatoms. The summed E-state index contributed by atoms with van der Waals surface area (Å²) in [5.74, 6) is 0.504. The normalized spacial score (nSPS) is 16.3. The first kappa shape index (κ1) is 54.3. The zero-order valence-electron chi connectivity index (χ0n) is 30.6. The summed E-state index contributed by atoms with van der Waals surface area (Å²) >= 11 is 11.2. The maximum atomic E-state index is 12.4. The van der Waals surface area contributed by atoms with Crippen molar-refractivity contribution in [3.8, 4) is 0 Å². The summed E-state index contributed by atoms with van der Waals surface area (Å²) in [7, 11) is -7.10. The Balaban J connectivity index is 0.000000775. The number of benzene rings is 2. The monoisotopic (exact) mass is 920 g/mol. The van der Waals surface area contributed by atoms with Gasteiger partial charge in [-0.25, -0.2) is 16.8 Å². The van der Waals surface area contributed by atoms with Crippen LogP contribution in [-0.2, 0) is 20.0 Å². The smallest absolute Gasteiger partial charge is 0.323 e. The van der Waals surface area contributed by atoms with E-state index < -0.39 is 58.2 Å². The van der Waals surface area contributed by atoms with Crippen molar-refractivity contribution in [2.45, 2.75) is 42.2 Å². The van der Waals surface area contributed by atoms with E-state index in [2.05, 4.69) is 11.1 Å². The second-order valence-corrected chi connectivity index (χ2v) is 16.8. The van der Waals surface area contributed by atoms with Crippen LogP contribution in [0.5, 0.6) is 0 Å². The Hall–Kier alpha value is -1.66. The molecule has 0 amide bonds. The SMILES string of the molecule is Cc1ccc(S(=O)(=O)N(CCCl)CCCl)cc1.Cc1ccc(S(=O)(=O)N2CCN(CC(F)(F)F)CC2)cc1.Cl.FC(F)(F)CN1CCNCC1.NCC(F)(F)F. The summed E-state index contributed by atoms with van der Waals surface area (Å²) in [6, 6.07) is 13.2. The number of hydrogen-bond acceptors (Lipinski definition) is 8. The average Bonchev–Trinajstić information content (AvgIpc) is 3.08. The van der Waals surface area contributed by atoms with Gasteiger partial charge in [-0.15, -0.1) is 35.6 Å². The van der Waals surface area contributed by atoms with Gasteiger partial charge in [0.15, 0.2) is 0 Å². The van der Waals surface area contributed by atoms with Crippen molar-refractivity contribution < 1.29 is 56.3 Å². The number of sulfonamides is 2. The molecule has 2 heterocycles. The highest BCUT2D eigenvalue weighted by molar-refractivity contribution is 7.89. The minimum Gasteiger partial charge on any atom is -0.323 e. The van der Waals surface area contributed by atoms with Crippen LogP contribution >= 0.6 is 35.6 Å². The van der Waals surface area contributed by atoms with Gasteiger partial charge in [0.1, 0.15) is 0 Å². The molecule has 2 aliphatic rings. The van der Waals surface area contributed by atoms with Crippen molar-refractivity contribution in [3.63, 3.8) is 0 Å². The minimum atomic E-state index is -4.25. The molecule has 4 rings (SSSR count). The zero-order valence-corrected chi connectivity index (χ0v) is 34.6. The molecule has 2 aliphatic heterocycles. The molecule has 3 N–H and O–H groups in total. The maximum absolute atomic E-state index is 12.4. The molecule has 56 heavy (non-hydrogen) atoms. The predicted molar refractivity (Wildman–Crippen MR) is 202 cm³/mol. The third-order valence-electron chi connectivity index (χ3n) is 7.56. The first-order valence-corrected chi connectivity index (χ1v) is 20.6. The molecule has 0 radical (unpaired) electrons. The van der Waals surface area contributed by atoms with Crippen LogP contribution in [0.4, 0.5) is 39.5 Å². The highest BCUT2D eigenvalue weighted by Crippen LogP contribution is 2.22. The molecular weight excluding hydrogens is 874 g/mol. The Morgan fingerprint density at radius 2 is 1.00 bits per heavy atom. The number of alkyl halides is 11. The molecule has 0 spiro atoms. The van der Waals surface area contributed by atoms with Crippen molar-refractivity contribution in [3.05, 3.63) is 59.7 Å². The Kier molecular flexibility index (Phi) is 24.3. The standard InChI is InChI=1S/C13H17F3N2O2S.C11H15Cl2NO2S.C6H11F3N2.C2H4F3N.ClH/c1-11-2-4-12(5-3-11)21(19,20)18-8-6-17(7-9-18)10-13(14,15)16;1-10-2-4-11(5-3-10)17(15,16)14(8-6-12)9-7-13;7-6(8,9)5-11-3-1-10-2-4-11;3-2(4,5)1-6;/h2-5H,6-10H2,1H3;2-5H,6-9H2,1H3;10H,1-5H2;1,6H2;1H. The van der Waals surface area contributed by atoms with Gasteiger partial charge in [-0.3, -0.25) is 9.80 Å². The number of nitrogens with one attached hydrogen (secondary N) is 1. The van der Waals surface area contributed by atoms with E-state index in [0.717, 1.165) is 11.1 Å². The Morgan fingerprint density at radius 1 is 0.643 bits per heavy atom. The van der Waals surface area contributed by atoms with Gasteiger partial charge in [0.2, 0.25) is 20.0 Å². The summed E-state index contributed by atoms with van der Waals surface area (Å²) in [4.78, 5) is 3.09. The first-order valence-electron chi connectivity index (χ1n) is 16.7. The Morgan fingerprint density at radius 3 is 1.34 bits per heavy atom. The average molecular weight is 922 g/mol. The summed E-state index contributed by atoms with van der Waals surface area (Å²) in [6.45, 7) is 3.96. The third kappa shape index (κ3) is 21.9. The van der Waals surface area contributed by atoms with E-state index in [1.54, 1.807) is 36.4 Å². The number of piperazine rings is 2. The number of halogens is 12. The van der Waals surface area contributed by atoms with Gasteiger partial charge in [0, 0.05) is 77.2 Å². The van der Waals surface area contributed by atoms with Crippen LogP contribution < -0.4 is 11.1 Å². The lowest BCUT2D eigenvalue weighted by atomic mass is 10.2. The number of rotatable bonds is 10. The van der Waals surface area contributed by atoms with E-state index in [1.165, 1.54) is 30.5 Å². The highest BCUT2D eigenvalue weighted by Gasteiger charge is 2.35. The van der Waals surface area contributed by atoms with Crippen molar-refractivity contribution in [1.82, 2.24) is 23.7 Å². The summed E-state index contributed by atoms with van der Waals surface area (Å²) in [6.07, 6.45) is -12.5. The van der Waals surface area contributed by atoms with Crippen molar-refractivity contribution in [2.24, 2.45) is 5.73 Å². The fraction of sp³-hybridized carbons (Fsp3) is 0.625. The van der Waals surface area contributed by atoms with E-state index in [0.29, 0.717) is 26.2 Å². The van der Waals surface area contributed by atoms with Crippen LogP contribution in [0.15, 0.2) is 58.3 Å². The van der Waals surface area contributed by atoms with E-state index in [-0.39, 0.29) is 73.2 Å². The van der Waals surface area contributed by atoms with Gasteiger partial charge in [-0.2, -0.15) is 48.1 Å². The molecular formula is C32H48Cl3F9N6O4S2. The van der Waals surface area contributed by atoms with Crippen LogP contribution in [0.1, 0.15) is 11.1 Å². The van der Waals surface area contributed by atoms with Crippen molar-refractivity contribution in [1.29, 1.82) is 0 Å². The second kappa shape index (κ2) is 25.1. The maximum Gasteiger partial charge on any atom is 0.401 e. The molecule has 2 saturated heterocycles. The molecule has 10 nitrogen and oxygen atoms in total. The van der Waals surface area contributed by atoms with Crippen molar-refractivity contribution in [2.75, 3.05) is 96.8 Å². The third-order valence-corrected chi connectivity index (χ3v) is 11.7. The number of nitrogens with zero attached hydrogens (tertiary/aromatic N) is 4. The Labute approximate surface area is 338 Å². The molecule has 0 aliphatic carbocycles. The molecule has 0 aromatic heterocycles. The van der Waals surface area contributed by atoms with Crippen LogP contribution in [0.25, 0.3) is 0 Å². The fourth-order valence-corrected chi connectivity index (χ4v) is 8.24. The fourth-order valence-electron chi connectivity index (χ4n) is 4.76. The van der Waals surface area contributed by atoms with Crippen LogP contribution in [0.3, 0.4) is 0 Å². The van der Waals surface area contributed by atoms with Gasteiger partial charge in [0.05, 0.1) is 29.4 Å². The quantitative estimate of drug-likeness (QED) is 0.230. The van der Waals surface area contributed by atoms with Gasteiger partial charge in [-0.05, 0) is 38.1 Å². The molecule has 2 aromatic rings. The molecule has 0 bridgehead atoms. The van der Waals surface area contributed by atoms with Crippen molar-refractivity contribution >= 4 is 55.7 Å². The lowest BCUT2D eigenvalue weighted by molar-refractivity contribution is -0.148. The lowest BCUT2D eigenvalue weighted by Gasteiger charge is -2.34. The van der Waals surface area contributed by atoms with E-state index in [4.69, 9.17) is 23.2 Å². The topological polar surface area (TPSA) is 119 Å². The molecule has 2 fully saturated rings. The van der Waals surface area contributed by atoms with Crippen LogP contribution in [0.2, 0.25) is 0 Å². The molecule has 2 aromatic carbocycles. The van der Waals surface area contributed by atoms with Crippen LogP contribution in [-0.4, -0.2) is 151 Å². The van der Waals surface area contributed by atoms with Gasteiger partial charge < -0.3 is 11.1 Å². The van der Waals surface area contributed by atoms with Gasteiger partial charge in [0.25, 0.3) is 0 Å². The predicted octanol–water partition coefficient (Wildman–Crippen LogP) is 5.71. The Bertz CT molecular complexity index is 1590. The highest BCUT2D eigenvalue weighted by atomic mass is 35.5. The largest absolute Gasteiger partial charge is 0.401 e. The molecule has 326 valence electrons. The number of nitrogens with two attached hydrogens (primary N) is 1. The minimum absolute atomic E-state index is 0. The lowest BCUT2D eigenvalue weighted by Crippen LogP contribution is -2.50. The van der Waals surface area contributed by atoms with Gasteiger partial charge >= 0.3 is 18.5 Å². The first-order chi connectivity index (χ1) is 25.3. The molecule has 0 atom stereocenters. The van der Waals surface area contributed by atoms with E-state index in [9.17, 15) is 56.3 Å². The number of hydrogen-bond donors (Lipinski definition) is 2. The second-order valence-electron chi connectivity index (χ2n) is 12.2. The molecule has 0 unspecified atom stereocenters. The van der Waals surface area contributed by atoms with Crippen LogP contribution in [0, 0.1) is 13.8 Å². The zero-order chi connectivity index (χ0) is 42.1. The molecule has 0 saturated carbocycles. The van der Waals surface area contributed by atoms with E-state index >= 15 is 0 Å². The summed E-state index contributed by atoms with van der Waals surface area (Å²) < 4.78 is 156. The summed E-state index contributed by atoms with van der Waals surface area (Å²) in [5, 5.41) is 2.99. The van der Waals surface area contributed by atoms with Gasteiger partial charge in [-0.1, -0.05) is 35.4 Å². The number of aryl methyl sites for hydroxylation is 2. The summed E-state index contributed by atoms with van der Waals surface area (Å²) in [5.41, 5.74) is 6.15.